The summed E-state index contributed by atoms with van der Waals surface area (Å²) in [5.74, 6) is 0.511. The van der Waals surface area contributed by atoms with Crippen LogP contribution >= 0.6 is 0 Å². The van der Waals surface area contributed by atoms with E-state index in [1.165, 1.54) is 0 Å². The van der Waals surface area contributed by atoms with Crippen LogP contribution in [0.1, 0.15) is 11.1 Å². The number of aromatic nitrogens is 2. The van der Waals surface area contributed by atoms with E-state index < -0.39 is 30.4 Å². The second kappa shape index (κ2) is 14.1. The molecule has 3 aromatic rings. The molecule has 0 aliphatic carbocycles. The summed E-state index contributed by atoms with van der Waals surface area (Å²) in [6, 6.07) is 7.60. The summed E-state index contributed by atoms with van der Waals surface area (Å²) in [6.07, 6.45) is -8.39. The normalized spacial score (nSPS) is 13.7. The van der Waals surface area contributed by atoms with Crippen LogP contribution in [0.3, 0.4) is 0 Å². The standard InChI is InChI=1S/C19H23N5O3.C6H10O7/c1-10-11(5-6-13-16(10)18(20)24-19(21)23-13)9-22-12-7-14(25-2)17(27-4)15(8-12)26-3;7-1-2(8)3(9)4(10)5(11)6(12)13/h5-8,22H,9H2,1-4H3,(H4,20,21,23,24);1-5,8-11H,(H,12,13). The van der Waals surface area contributed by atoms with Gasteiger partial charge in [-0.3, -0.25) is 0 Å². The van der Waals surface area contributed by atoms with Crippen LogP contribution in [0.2, 0.25) is 0 Å². The van der Waals surface area contributed by atoms with Gasteiger partial charge in [0.25, 0.3) is 0 Å². The molecule has 0 aliphatic rings. The van der Waals surface area contributed by atoms with Gasteiger partial charge in [-0.2, -0.15) is 4.98 Å². The third-order valence-electron chi connectivity index (χ3n) is 5.84. The minimum atomic E-state index is -2.25. The molecular formula is C25H33N5O10. The molecule has 10 N–H and O–H groups in total. The summed E-state index contributed by atoms with van der Waals surface area (Å²) < 4.78 is 16.1. The van der Waals surface area contributed by atoms with E-state index in [0.717, 1.165) is 27.7 Å². The number of hydrogen-bond acceptors (Lipinski definition) is 14. The van der Waals surface area contributed by atoms with Crippen molar-refractivity contribution < 1.29 is 49.3 Å². The van der Waals surface area contributed by atoms with Crippen molar-refractivity contribution in [3.63, 3.8) is 0 Å². The van der Waals surface area contributed by atoms with Crippen LogP contribution in [-0.4, -0.2) is 93.5 Å². The van der Waals surface area contributed by atoms with Gasteiger partial charge < -0.3 is 61.3 Å². The van der Waals surface area contributed by atoms with Crippen molar-refractivity contribution in [2.75, 3.05) is 38.1 Å². The molecule has 3 rings (SSSR count). The maximum atomic E-state index is 10.1. The minimum Gasteiger partial charge on any atom is -0.493 e. The molecule has 218 valence electrons. The van der Waals surface area contributed by atoms with Crippen molar-refractivity contribution >= 4 is 40.6 Å². The lowest BCUT2D eigenvalue weighted by Gasteiger charge is -2.21. The van der Waals surface area contributed by atoms with Gasteiger partial charge in [0.05, 0.1) is 26.8 Å². The number of aldehydes is 1. The Morgan fingerprint density at radius 2 is 1.60 bits per heavy atom. The average molecular weight is 564 g/mol. The Labute approximate surface area is 228 Å². The van der Waals surface area contributed by atoms with Crippen LogP contribution in [0.25, 0.3) is 10.9 Å². The zero-order valence-corrected chi connectivity index (χ0v) is 22.2. The van der Waals surface area contributed by atoms with E-state index in [4.69, 9.17) is 51.2 Å². The average Bonchev–Trinajstić information content (AvgIpc) is 2.94. The van der Waals surface area contributed by atoms with Crippen molar-refractivity contribution in [2.45, 2.75) is 37.9 Å². The van der Waals surface area contributed by atoms with Crippen molar-refractivity contribution in [1.82, 2.24) is 9.97 Å². The van der Waals surface area contributed by atoms with E-state index in [2.05, 4.69) is 15.3 Å². The molecule has 0 saturated carbocycles. The number of carboxylic acid groups (broad SMARTS) is 1. The zero-order chi connectivity index (χ0) is 30.1. The number of rotatable bonds is 11. The van der Waals surface area contributed by atoms with Gasteiger partial charge in [-0.15, -0.1) is 0 Å². The number of benzene rings is 2. The lowest BCUT2D eigenvalue weighted by atomic mass is 10.0. The summed E-state index contributed by atoms with van der Waals surface area (Å²) in [6.45, 7) is 2.56. The van der Waals surface area contributed by atoms with Gasteiger partial charge in [-0.05, 0) is 24.1 Å². The second-order valence-electron chi connectivity index (χ2n) is 8.37. The molecule has 0 amide bonds. The number of nitrogens with zero attached hydrogens (tertiary/aromatic N) is 2. The number of nitrogens with one attached hydrogen (secondary N) is 1. The summed E-state index contributed by atoms with van der Waals surface area (Å²) in [5, 5.41) is 47.4. The molecule has 40 heavy (non-hydrogen) atoms. The monoisotopic (exact) mass is 563 g/mol. The molecule has 0 radical (unpaired) electrons. The fourth-order valence-corrected chi connectivity index (χ4v) is 3.67. The number of aliphatic carboxylic acids is 1. The highest BCUT2D eigenvalue weighted by atomic mass is 16.5. The van der Waals surface area contributed by atoms with Gasteiger partial charge in [0, 0.05) is 29.8 Å². The molecule has 0 spiro atoms. The molecule has 15 heteroatoms. The smallest absolute Gasteiger partial charge is 0.335 e. The van der Waals surface area contributed by atoms with E-state index in [1.807, 2.05) is 31.2 Å². The maximum absolute atomic E-state index is 10.1. The van der Waals surface area contributed by atoms with Crippen LogP contribution in [-0.2, 0) is 16.1 Å². The number of aliphatic hydroxyl groups is 4. The van der Waals surface area contributed by atoms with E-state index >= 15 is 0 Å². The molecule has 15 nitrogen and oxygen atoms in total. The Bertz CT molecular complexity index is 1310. The molecule has 0 fully saturated rings. The van der Waals surface area contributed by atoms with Crippen LogP contribution in [0.4, 0.5) is 17.5 Å². The molecule has 4 atom stereocenters. The highest BCUT2D eigenvalue weighted by Gasteiger charge is 2.34. The molecular weight excluding hydrogens is 530 g/mol. The number of fused-ring (bicyclic) bond motifs is 1. The van der Waals surface area contributed by atoms with Gasteiger partial charge in [0.15, 0.2) is 23.9 Å². The maximum Gasteiger partial charge on any atom is 0.335 e. The number of nitrogens with two attached hydrogens (primary N) is 2. The third-order valence-corrected chi connectivity index (χ3v) is 5.84. The van der Waals surface area contributed by atoms with E-state index in [1.54, 1.807) is 21.3 Å². The number of carboxylic acids is 1. The van der Waals surface area contributed by atoms with Gasteiger partial charge >= 0.3 is 5.97 Å². The van der Waals surface area contributed by atoms with E-state index in [9.17, 15) is 9.59 Å². The minimum absolute atomic E-state index is 0.0809. The lowest BCUT2D eigenvalue weighted by molar-refractivity contribution is -0.163. The van der Waals surface area contributed by atoms with Crippen LogP contribution < -0.4 is 31.0 Å². The number of hydrogen-bond donors (Lipinski definition) is 8. The summed E-state index contributed by atoms with van der Waals surface area (Å²) in [7, 11) is 4.75. The summed E-state index contributed by atoms with van der Waals surface area (Å²) in [4.78, 5) is 28.3. The molecule has 4 unspecified atom stereocenters. The van der Waals surface area contributed by atoms with Crippen LogP contribution in [0, 0.1) is 6.92 Å². The fourth-order valence-electron chi connectivity index (χ4n) is 3.67. The highest BCUT2D eigenvalue weighted by molar-refractivity contribution is 5.92. The first-order valence-corrected chi connectivity index (χ1v) is 11.6. The Balaban J connectivity index is 0.000000366. The number of aryl methyl sites for hydroxylation is 1. The largest absolute Gasteiger partial charge is 0.493 e. The quantitative estimate of drug-likeness (QED) is 0.136. The van der Waals surface area contributed by atoms with E-state index in [0.29, 0.717) is 29.6 Å². The summed E-state index contributed by atoms with van der Waals surface area (Å²) >= 11 is 0. The molecule has 0 saturated heterocycles. The van der Waals surface area contributed by atoms with Crippen molar-refractivity contribution in [1.29, 1.82) is 0 Å². The highest BCUT2D eigenvalue weighted by Crippen LogP contribution is 2.40. The van der Waals surface area contributed by atoms with Gasteiger partial charge in [-0.1, -0.05) is 6.07 Å². The first-order valence-electron chi connectivity index (χ1n) is 11.6. The predicted octanol–water partition coefficient (Wildman–Crippen LogP) is -0.546. The van der Waals surface area contributed by atoms with Gasteiger partial charge in [0.2, 0.25) is 11.7 Å². The van der Waals surface area contributed by atoms with Crippen LogP contribution in [0.5, 0.6) is 17.2 Å². The number of anilines is 3. The topological polar surface area (TPSA) is 253 Å². The van der Waals surface area contributed by atoms with Crippen LogP contribution in [0.15, 0.2) is 24.3 Å². The zero-order valence-electron chi connectivity index (χ0n) is 22.2. The molecule has 2 aromatic carbocycles. The van der Waals surface area contributed by atoms with Crippen molar-refractivity contribution in [3.8, 4) is 17.2 Å². The third kappa shape index (κ3) is 7.35. The second-order valence-corrected chi connectivity index (χ2v) is 8.37. The Morgan fingerprint density at radius 3 is 2.10 bits per heavy atom. The SMILES string of the molecule is COc1cc(NCc2ccc3nc(N)nc(N)c3c2C)cc(OC)c1OC.O=CC(O)C(O)C(O)C(O)C(=O)O. The van der Waals surface area contributed by atoms with Crippen molar-refractivity contribution in [3.05, 3.63) is 35.4 Å². The molecule has 1 aromatic heterocycles. The van der Waals surface area contributed by atoms with E-state index in [-0.39, 0.29) is 12.2 Å². The number of nitrogen functional groups attached to an aromatic ring is 2. The number of carbonyl (C=O) groups is 2. The molecule has 0 aliphatic heterocycles. The van der Waals surface area contributed by atoms with Gasteiger partial charge in [-0.25, -0.2) is 9.78 Å². The number of ether oxygens (including phenoxy) is 3. The van der Waals surface area contributed by atoms with Gasteiger partial charge in [0.1, 0.15) is 24.1 Å². The predicted molar refractivity (Wildman–Crippen MR) is 144 cm³/mol. The Hall–Kier alpha value is -4.44. The molecule has 0 bridgehead atoms. The number of methoxy groups -OCH3 is 3. The Kier molecular flexibility index (Phi) is 11.2. The number of aliphatic hydroxyl groups excluding tert-OH is 4. The number of carbonyl (C=O) groups excluding carboxylic acids is 1. The molecule has 1 heterocycles. The fraction of sp³-hybridized carbons (Fsp3) is 0.360. The Morgan fingerprint density at radius 1 is 1.00 bits per heavy atom. The first kappa shape index (κ1) is 31.8. The van der Waals surface area contributed by atoms with Crippen molar-refractivity contribution in [2.24, 2.45) is 0 Å². The lowest BCUT2D eigenvalue weighted by Crippen LogP contribution is -2.48. The first-order chi connectivity index (χ1) is 18.9. The summed E-state index contributed by atoms with van der Waals surface area (Å²) in [5.41, 5.74) is 15.4.